The van der Waals surface area contributed by atoms with Crippen molar-refractivity contribution in [2.45, 2.75) is 58.8 Å². The minimum absolute atomic E-state index is 0.297. The maximum Gasteiger partial charge on any atom is 0.410 e. The van der Waals surface area contributed by atoms with E-state index in [9.17, 15) is 9.59 Å². The molecule has 150 valence electrons. The highest BCUT2D eigenvalue weighted by molar-refractivity contribution is 9.10. The van der Waals surface area contributed by atoms with Gasteiger partial charge in [0.1, 0.15) is 11.2 Å². The van der Waals surface area contributed by atoms with Gasteiger partial charge in [-0.05, 0) is 59.2 Å². The van der Waals surface area contributed by atoms with Gasteiger partial charge in [0.15, 0.2) is 0 Å². The van der Waals surface area contributed by atoms with Crippen molar-refractivity contribution < 1.29 is 19.1 Å². The normalized spacial score (nSPS) is 18.3. The van der Waals surface area contributed by atoms with E-state index in [1.165, 1.54) is 0 Å². The highest BCUT2D eigenvalue weighted by Crippen LogP contribution is 2.29. The molecule has 2 rings (SSSR count). The predicted octanol–water partition coefficient (Wildman–Crippen LogP) is 4.98. The first-order valence-corrected chi connectivity index (χ1v) is 9.88. The molecule has 0 N–H and O–H groups in total. The van der Waals surface area contributed by atoms with E-state index in [0.29, 0.717) is 19.6 Å². The van der Waals surface area contributed by atoms with E-state index in [1.807, 2.05) is 65.8 Å². The van der Waals surface area contributed by atoms with E-state index in [0.717, 1.165) is 10.0 Å². The standard InChI is InChI=1S/C20H29BrN2O4/c1-19(2,3)26-17(24)22-11-12-23(18(25)27-20(4,5)6)16(13-22)14-7-9-15(21)10-8-14/h7-10,16H,11-13H2,1-6H3/t16-/m0/s1. The molecule has 0 bridgehead atoms. The van der Waals surface area contributed by atoms with Crippen LogP contribution in [0.1, 0.15) is 53.1 Å². The molecule has 1 heterocycles. The molecule has 1 aromatic carbocycles. The summed E-state index contributed by atoms with van der Waals surface area (Å²) in [6, 6.07) is 7.45. The Kier molecular flexibility index (Phi) is 6.45. The zero-order valence-corrected chi connectivity index (χ0v) is 18.5. The third-order valence-corrected chi connectivity index (χ3v) is 4.44. The molecule has 6 nitrogen and oxygen atoms in total. The summed E-state index contributed by atoms with van der Waals surface area (Å²) in [5.74, 6) is 0. The molecule has 1 atom stereocenters. The van der Waals surface area contributed by atoms with E-state index < -0.39 is 11.2 Å². The van der Waals surface area contributed by atoms with Crippen LogP contribution in [0.5, 0.6) is 0 Å². The van der Waals surface area contributed by atoms with Crippen molar-refractivity contribution in [3.63, 3.8) is 0 Å². The van der Waals surface area contributed by atoms with Crippen LogP contribution in [0.3, 0.4) is 0 Å². The van der Waals surface area contributed by atoms with E-state index in [1.54, 1.807) is 9.80 Å². The van der Waals surface area contributed by atoms with Gasteiger partial charge in [-0.1, -0.05) is 28.1 Å². The molecule has 27 heavy (non-hydrogen) atoms. The van der Waals surface area contributed by atoms with Gasteiger partial charge in [0.05, 0.1) is 6.04 Å². The number of rotatable bonds is 1. The van der Waals surface area contributed by atoms with Crippen LogP contribution in [0.2, 0.25) is 0 Å². The second kappa shape index (κ2) is 8.09. The van der Waals surface area contributed by atoms with Crippen LogP contribution in [0.4, 0.5) is 9.59 Å². The third kappa shape index (κ3) is 6.41. The number of carbonyl (C=O) groups is 2. The molecular weight excluding hydrogens is 412 g/mol. The van der Waals surface area contributed by atoms with E-state index >= 15 is 0 Å². The Hall–Kier alpha value is -1.76. The van der Waals surface area contributed by atoms with Crippen molar-refractivity contribution in [3.05, 3.63) is 34.3 Å². The van der Waals surface area contributed by atoms with E-state index in [2.05, 4.69) is 15.9 Å². The summed E-state index contributed by atoms with van der Waals surface area (Å²) in [5, 5.41) is 0. The van der Waals surface area contributed by atoms with Crippen molar-refractivity contribution in [1.29, 1.82) is 0 Å². The quantitative estimate of drug-likeness (QED) is 0.617. The molecule has 0 unspecified atom stereocenters. The Bertz CT molecular complexity index is 677. The lowest BCUT2D eigenvalue weighted by atomic mass is 10.0. The summed E-state index contributed by atoms with van der Waals surface area (Å²) in [7, 11) is 0. The molecule has 1 aliphatic rings. The summed E-state index contributed by atoms with van der Waals surface area (Å²) >= 11 is 3.43. The molecule has 2 amide bonds. The molecule has 0 aliphatic carbocycles. The zero-order chi connectivity index (χ0) is 20.4. The molecular formula is C20H29BrN2O4. The van der Waals surface area contributed by atoms with E-state index in [-0.39, 0.29) is 18.2 Å². The summed E-state index contributed by atoms with van der Waals surface area (Å²) < 4.78 is 12.0. The topological polar surface area (TPSA) is 59.1 Å². The fraction of sp³-hybridized carbons (Fsp3) is 0.600. The van der Waals surface area contributed by atoms with Gasteiger partial charge in [0.25, 0.3) is 0 Å². The molecule has 1 fully saturated rings. The maximum atomic E-state index is 12.7. The number of hydrogen-bond donors (Lipinski definition) is 0. The molecule has 0 radical (unpaired) electrons. The first-order valence-electron chi connectivity index (χ1n) is 9.09. The zero-order valence-electron chi connectivity index (χ0n) is 16.9. The van der Waals surface area contributed by atoms with Crippen molar-refractivity contribution in [3.8, 4) is 0 Å². The van der Waals surface area contributed by atoms with E-state index in [4.69, 9.17) is 9.47 Å². The fourth-order valence-electron chi connectivity index (χ4n) is 2.78. The molecule has 1 aromatic rings. The van der Waals surface area contributed by atoms with Gasteiger partial charge in [0.2, 0.25) is 0 Å². The van der Waals surface area contributed by atoms with Crippen molar-refractivity contribution in [2.75, 3.05) is 19.6 Å². The fourth-order valence-corrected chi connectivity index (χ4v) is 3.05. The highest BCUT2D eigenvalue weighted by atomic mass is 79.9. The lowest BCUT2D eigenvalue weighted by molar-refractivity contribution is -0.0152. The Morgan fingerprint density at radius 2 is 1.44 bits per heavy atom. The number of carbonyl (C=O) groups excluding carboxylic acids is 2. The Morgan fingerprint density at radius 3 is 1.96 bits per heavy atom. The number of hydrogen-bond acceptors (Lipinski definition) is 4. The van der Waals surface area contributed by atoms with Crippen LogP contribution in [-0.2, 0) is 9.47 Å². The molecule has 1 aliphatic heterocycles. The molecule has 1 saturated heterocycles. The van der Waals surface area contributed by atoms with Crippen molar-refractivity contribution in [1.82, 2.24) is 9.80 Å². The van der Waals surface area contributed by atoms with Crippen LogP contribution in [0.25, 0.3) is 0 Å². The largest absolute Gasteiger partial charge is 0.444 e. The molecule has 0 aromatic heterocycles. The van der Waals surface area contributed by atoms with Gasteiger partial charge >= 0.3 is 12.2 Å². The molecule has 0 saturated carbocycles. The van der Waals surface area contributed by atoms with Gasteiger partial charge in [-0.15, -0.1) is 0 Å². The Balaban J connectivity index is 2.24. The number of piperazine rings is 1. The SMILES string of the molecule is CC(C)(C)OC(=O)N1CCN(C(=O)OC(C)(C)C)[C@H](c2ccc(Br)cc2)C1. The number of amides is 2. The van der Waals surface area contributed by atoms with Gasteiger partial charge in [-0.25, -0.2) is 9.59 Å². The van der Waals surface area contributed by atoms with Crippen LogP contribution < -0.4 is 0 Å². The van der Waals surface area contributed by atoms with Crippen LogP contribution >= 0.6 is 15.9 Å². The van der Waals surface area contributed by atoms with Crippen LogP contribution in [0, 0.1) is 0 Å². The van der Waals surface area contributed by atoms with Gasteiger partial charge in [-0.3, -0.25) is 4.90 Å². The van der Waals surface area contributed by atoms with Gasteiger partial charge in [0, 0.05) is 24.1 Å². The predicted molar refractivity (Wildman–Crippen MR) is 108 cm³/mol. The highest BCUT2D eigenvalue weighted by Gasteiger charge is 2.37. The van der Waals surface area contributed by atoms with Crippen molar-refractivity contribution in [2.24, 2.45) is 0 Å². The second-order valence-electron chi connectivity index (χ2n) is 8.67. The van der Waals surface area contributed by atoms with Crippen LogP contribution in [-0.4, -0.2) is 52.8 Å². The number of ether oxygens (including phenoxy) is 2. The Morgan fingerprint density at radius 1 is 0.926 bits per heavy atom. The number of halogens is 1. The first kappa shape index (κ1) is 21.5. The third-order valence-electron chi connectivity index (χ3n) is 3.91. The lowest BCUT2D eigenvalue weighted by Crippen LogP contribution is -2.54. The summed E-state index contributed by atoms with van der Waals surface area (Å²) in [4.78, 5) is 28.6. The lowest BCUT2D eigenvalue weighted by Gasteiger charge is -2.42. The average Bonchev–Trinajstić information content (AvgIpc) is 2.52. The number of nitrogens with zero attached hydrogens (tertiary/aromatic N) is 2. The molecule has 0 spiro atoms. The van der Waals surface area contributed by atoms with Gasteiger partial charge in [-0.2, -0.15) is 0 Å². The average molecular weight is 441 g/mol. The van der Waals surface area contributed by atoms with Gasteiger partial charge < -0.3 is 14.4 Å². The first-order chi connectivity index (χ1) is 12.4. The van der Waals surface area contributed by atoms with Crippen molar-refractivity contribution >= 4 is 28.1 Å². The second-order valence-corrected chi connectivity index (χ2v) is 9.58. The Labute approximate surface area is 169 Å². The molecule has 7 heteroatoms. The number of benzene rings is 1. The summed E-state index contributed by atoms with van der Waals surface area (Å²) in [6.07, 6.45) is -0.743. The summed E-state index contributed by atoms with van der Waals surface area (Å²) in [5.41, 5.74) is -0.201. The minimum Gasteiger partial charge on any atom is -0.444 e. The minimum atomic E-state index is -0.580. The maximum absolute atomic E-state index is 12.7. The summed E-state index contributed by atoms with van der Waals surface area (Å²) in [6.45, 7) is 12.2. The van der Waals surface area contributed by atoms with Crippen LogP contribution in [0.15, 0.2) is 28.7 Å². The monoisotopic (exact) mass is 440 g/mol. The smallest absolute Gasteiger partial charge is 0.410 e.